The van der Waals surface area contributed by atoms with Gasteiger partial charge in [-0.25, -0.2) is 4.68 Å². The van der Waals surface area contributed by atoms with Crippen molar-refractivity contribution >= 4 is 23.4 Å². The quantitative estimate of drug-likeness (QED) is 0.879. The first-order valence-electron chi connectivity index (χ1n) is 6.92. The highest BCUT2D eigenvalue weighted by atomic mass is 32.1. The van der Waals surface area contributed by atoms with Crippen LogP contribution < -0.4 is 0 Å². The molecule has 5 nitrogen and oxygen atoms in total. The van der Waals surface area contributed by atoms with E-state index in [2.05, 4.69) is 28.5 Å². The van der Waals surface area contributed by atoms with Gasteiger partial charge in [0.05, 0.1) is 17.8 Å². The molecule has 1 N–H and O–H groups in total. The summed E-state index contributed by atoms with van der Waals surface area (Å²) in [5.41, 5.74) is 3.14. The summed E-state index contributed by atoms with van der Waals surface area (Å²) in [6.07, 6.45) is 2.50. The van der Waals surface area contributed by atoms with Crippen molar-refractivity contribution in [2.24, 2.45) is 0 Å². The normalized spacial score (nSPS) is 21.3. The Balaban J connectivity index is 2.16. The molecule has 2 atom stereocenters. The number of H-pyrrole nitrogens is 1. The van der Waals surface area contributed by atoms with Crippen molar-refractivity contribution in [3.63, 3.8) is 0 Å². The molecule has 6 heteroatoms. The van der Waals surface area contributed by atoms with Gasteiger partial charge >= 0.3 is 0 Å². The minimum atomic E-state index is 0.241. The minimum absolute atomic E-state index is 0.241. The summed E-state index contributed by atoms with van der Waals surface area (Å²) in [6, 6.07) is 0.241. The molecular formula is C13H20N4OS. The van der Waals surface area contributed by atoms with Gasteiger partial charge in [-0.2, -0.15) is 5.10 Å². The molecule has 2 aromatic rings. The molecule has 1 aliphatic heterocycles. The minimum Gasteiger partial charge on any atom is -0.376 e. The van der Waals surface area contributed by atoms with Crippen molar-refractivity contribution in [1.29, 1.82) is 0 Å². The number of aromatic amines is 1. The molecule has 1 fully saturated rings. The molecule has 0 saturated carbocycles. The molecule has 1 saturated heterocycles. The zero-order valence-corrected chi connectivity index (χ0v) is 12.5. The largest absolute Gasteiger partial charge is 0.376 e. The van der Waals surface area contributed by atoms with Gasteiger partial charge in [-0.1, -0.05) is 0 Å². The second-order valence-corrected chi connectivity index (χ2v) is 5.58. The summed E-state index contributed by atoms with van der Waals surface area (Å²) >= 11 is 5.50. The number of rotatable bonds is 3. The molecule has 0 radical (unpaired) electrons. The molecule has 1 aliphatic rings. The van der Waals surface area contributed by atoms with Crippen LogP contribution in [0.25, 0.3) is 11.2 Å². The van der Waals surface area contributed by atoms with E-state index in [1.165, 1.54) is 0 Å². The lowest BCUT2D eigenvalue weighted by Gasteiger charge is -2.21. The number of aryl methyl sites for hydroxylation is 2. The molecule has 0 bridgehead atoms. The van der Waals surface area contributed by atoms with Crippen LogP contribution in [0.3, 0.4) is 0 Å². The van der Waals surface area contributed by atoms with Gasteiger partial charge in [-0.3, -0.25) is 4.57 Å². The van der Waals surface area contributed by atoms with Crippen molar-refractivity contribution in [2.75, 3.05) is 6.61 Å². The van der Waals surface area contributed by atoms with Crippen LogP contribution >= 0.6 is 12.2 Å². The predicted octanol–water partition coefficient (Wildman–Crippen LogP) is 2.96. The van der Waals surface area contributed by atoms with Gasteiger partial charge in [0.25, 0.3) is 0 Å². The fourth-order valence-corrected chi connectivity index (χ4v) is 3.33. The monoisotopic (exact) mass is 280 g/mol. The van der Waals surface area contributed by atoms with Gasteiger partial charge < -0.3 is 9.72 Å². The second kappa shape index (κ2) is 4.76. The lowest BCUT2D eigenvalue weighted by molar-refractivity contribution is 0.0737. The van der Waals surface area contributed by atoms with E-state index in [-0.39, 0.29) is 12.1 Å². The number of nitrogens with zero attached hydrogens (tertiary/aromatic N) is 3. The van der Waals surface area contributed by atoms with Gasteiger partial charge in [-0.15, -0.1) is 0 Å². The first kappa shape index (κ1) is 12.9. The Morgan fingerprint density at radius 1 is 1.58 bits per heavy atom. The van der Waals surface area contributed by atoms with Crippen molar-refractivity contribution in [2.45, 2.75) is 52.3 Å². The Morgan fingerprint density at radius 3 is 3.00 bits per heavy atom. The third-order valence-electron chi connectivity index (χ3n) is 3.99. The maximum atomic E-state index is 5.81. The molecule has 0 spiro atoms. The van der Waals surface area contributed by atoms with Crippen molar-refractivity contribution < 1.29 is 4.74 Å². The van der Waals surface area contributed by atoms with Gasteiger partial charge in [-0.05, 0) is 45.8 Å². The summed E-state index contributed by atoms with van der Waals surface area (Å²) < 4.78 is 10.8. The summed E-state index contributed by atoms with van der Waals surface area (Å²) in [7, 11) is 0. The van der Waals surface area contributed by atoms with E-state index in [9.17, 15) is 0 Å². The maximum absolute atomic E-state index is 5.81. The zero-order valence-electron chi connectivity index (χ0n) is 11.6. The SMILES string of the molecule is CCn1nc(C)c2[nH]c(=S)n(C(C)C3CCCO3)c21. The number of ether oxygens (including phenoxy) is 1. The number of aromatic nitrogens is 4. The summed E-state index contributed by atoms with van der Waals surface area (Å²) in [5, 5.41) is 4.56. The van der Waals surface area contributed by atoms with Crippen LogP contribution in [0.1, 0.15) is 38.4 Å². The van der Waals surface area contributed by atoms with E-state index in [4.69, 9.17) is 17.0 Å². The molecule has 104 valence electrons. The lowest BCUT2D eigenvalue weighted by Crippen LogP contribution is -2.22. The average Bonchev–Trinajstić information content (AvgIpc) is 3.06. The number of nitrogens with one attached hydrogen (secondary N) is 1. The predicted molar refractivity (Wildman–Crippen MR) is 77.0 cm³/mol. The summed E-state index contributed by atoms with van der Waals surface area (Å²) in [4.78, 5) is 3.29. The number of imidazole rings is 1. The topological polar surface area (TPSA) is 47.8 Å². The van der Waals surface area contributed by atoms with E-state index in [1.54, 1.807) is 0 Å². The maximum Gasteiger partial charge on any atom is 0.179 e. The van der Waals surface area contributed by atoms with Crippen molar-refractivity contribution in [3.8, 4) is 0 Å². The molecule has 0 aliphatic carbocycles. The highest BCUT2D eigenvalue weighted by Gasteiger charge is 2.27. The van der Waals surface area contributed by atoms with Gasteiger partial charge in [0.1, 0.15) is 5.52 Å². The zero-order chi connectivity index (χ0) is 13.6. The Labute approximate surface area is 117 Å². The molecule has 3 heterocycles. The van der Waals surface area contributed by atoms with Crippen LogP contribution in [-0.4, -0.2) is 32.0 Å². The molecule has 3 rings (SSSR count). The molecule has 0 amide bonds. The second-order valence-electron chi connectivity index (χ2n) is 5.19. The molecule has 2 unspecified atom stereocenters. The van der Waals surface area contributed by atoms with Crippen LogP contribution in [-0.2, 0) is 11.3 Å². The number of fused-ring (bicyclic) bond motifs is 1. The standard InChI is InChI=1S/C13H20N4OS/c1-4-16-12-11(8(2)15-16)14-13(19)17(12)9(3)10-6-5-7-18-10/h9-10H,4-7H2,1-3H3,(H,14,19). The average molecular weight is 280 g/mol. The molecule has 0 aromatic carbocycles. The van der Waals surface area contributed by atoms with Crippen LogP contribution in [0.2, 0.25) is 0 Å². The third kappa shape index (κ3) is 1.94. The molecule has 19 heavy (non-hydrogen) atoms. The number of hydrogen-bond donors (Lipinski definition) is 1. The first-order valence-corrected chi connectivity index (χ1v) is 7.33. The third-order valence-corrected chi connectivity index (χ3v) is 4.29. The summed E-state index contributed by atoms with van der Waals surface area (Å²) in [6.45, 7) is 8.00. The molecular weight excluding hydrogens is 260 g/mol. The van der Waals surface area contributed by atoms with Crippen LogP contribution in [0, 0.1) is 11.7 Å². The van der Waals surface area contributed by atoms with E-state index in [0.29, 0.717) is 0 Å². The van der Waals surface area contributed by atoms with Crippen molar-refractivity contribution in [1.82, 2.24) is 19.3 Å². The first-order chi connectivity index (χ1) is 9.13. The van der Waals surface area contributed by atoms with E-state index < -0.39 is 0 Å². The van der Waals surface area contributed by atoms with Crippen LogP contribution in [0.15, 0.2) is 0 Å². The highest BCUT2D eigenvalue weighted by Crippen LogP contribution is 2.28. The highest BCUT2D eigenvalue weighted by molar-refractivity contribution is 7.71. The molecule has 2 aromatic heterocycles. The Kier molecular flexibility index (Phi) is 3.22. The Morgan fingerprint density at radius 2 is 2.37 bits per heavy atom. The van der Waals surface area contributed by atoms with Crippen molar-refractivity contribution in [3.05, 3.63) is 10.5 Å². The van der Waals surface area contributed by atoms with Gasteiger partial charge in [0.2, 0.25) is 0 Å². The Bertz CT molecular complexity index is 647. The van der Waals surface area contributed by atoms with E-state index >= 15 is 0 Å². The smallest absolute Gasteiger partial charge is 0.179 e. The fraction of sp³-hybridized carbons (Fsp3) is 0.692. The number of hydrogen-bond acceptors (Lipinski definition) is 3. The van der Waals surface area contributed by atoms with Gasteiger partial charge in [0, 0.05) is 13.2 Å². The Hall–Kier alpha value is -1.14. The van der Waals surface area contributed by atoms with E-state index in [1.807, 2.05) is 11.6 Å². The van der Waals surface area contributed by atoms with E-state index in [0.717, 1.165) is 47.6 Å². The fourth-order valence-electron chi connectivity index (χ4n) is 2.97. The van der Waals surface area contributed by atoms with Gasteiger partial charge in [0.15, 0.2) is 10.4 Å². The van der Waals surface area contributed by atoms with Crippen LogP contribution in [0.5, 0.6) is 0 Å². The lowest BCUT2D eigenvalue weighted by atomic mass is 10.1. The summed E-state index contributed by atoms with van der Waals surface area (Å²) in [5.74, 6) is 0. The van der Waals surface area contributed by atoms with Crippen LogP contribution in [0.4, 0.5) is 0 Å².